The number of fused-ring (bicyclic) bond motifs is 2. The monoisotopic (exact) mass is 340 g/mol. The zero-order valence-electron chi connectivity index (χ0n) is 14.0. The number of hydrogen-bond donors (Lipinski definition) is 0. The molecular weight excluding hydrogens is 320 g/mol. The summed E-state index contributed by atoms with van der Waals surface area (Å²) < 4.78 is 10.6. The Kier molecular flexibility index (Phi) is 4.36. The molecule has 2 aromatic rings. The minimum absolute atomic E-state index is 0.174. The predicted octanol–water partition coefficient (Wildman–Crippen LogP) is 1.74. The fraction of sp³-hybridized carbons (Fsp3) is 0.421. The summed E-state index contributed by atoms with van der Waals surface area (Å²) in [5.41, 5.74) is 3.33. The van der Waals surface area contributed by atoms with Crippen LogP contribution >= 0.6 is 0 Å². The van der Waals surface area contributed by atoms with Crippen LogP contribution < -0.4 is 0 Å². The van der Waals surface area contributed by atoms with Crippen molar-refractivity contribution < 1.29 is 19.1 Å². The summed E-state index contributed by atoms with van der Waals surface area (Å²) in [7, 11) is 0. The van der Waals surface area contributed by atoms with Gasteiger partial charge in [-0.1, -0.05) is 18.2 Å². The zero-order chi connectivity index (χ0) is 17.2. The van der Waals surface area contributed by atoms with Gasteiger partial charge < -0.3 is 14.4 Å². The van der Waals surface area contributed by atoms with Gasteiger partial charge in [0.05, 0.1) is 24.3 Å². The van der Waals surface area contributed by atoms with Gasteiger partial charge in [-0.25, -0.2) is 4.79 Å². The van der Waals surface area contributed by atoms with Gasteiger partial charge in [-0.15, -0.1) is 0 Å². The van der Waals surface area contributed by atoms with E-state index in [1.165, 1.54) is 0 Å². The molecule has 0 spiro atoms. The van der Waals surface area contributed by atoms with E-state index in [1.807, 2.05) is 24.3 Å². The molecule has 130 valence electrons. The summed E-state index contributed by atoms with van der Waals surface area (Å²) >= 11 is 0. The smallest absolute Gasteiger partial charge is 0.339 e. The number of pyridine rings is 1. The van der Waals surface area contributed by atoms with Gasteiger partial charge >= 0.3 is 5.97 Å². The fourth-order valence-corrected chi connectivity index (χ4v) is 3.55. The Balaban J connectivity index is 1.57. The van der Waals surface area contributed by atoms with Crippen LogP contribution in [0.2, 0.25) is 0 Å². The molecule has 0 atom stereocenters. The summed E-state index contributed by atoms with van der Waals surface area (Å²) in [5, 5.41) is 0.798. The van der Waals surface area contributed by atoms with Crippen molar-refractivity contribution in [1.29, 1.82) is 0 Å². The first-order chi connectivity index (χ1) is 12.2. The maximum Gasteiger partial charge on any atom is 0.339 e. The van der Waals surface area contributed by atoms with E-state index < -0.39 is 5.97 Å². The van der Waals surface area contributed by atoms with Crippen LogP contribution in [0.25, 0.3) is 10.9 Å². The molecule has 0 N–H and O–H groups in total. The van der Waals surface area contributed by atoms with Crippen molar-refractivity contribution in [2.24, 2.45) is 0 Å². The third-order valence-corrected chi connectivity index (χ3v) is 4.81. The number of carbonyl (C=O) groups excluding carboxylic acids is 2. The molecule has 6 nitrogen and oxygen atoms in total. The fourth-order valence-electron chi connectivity index (χ4n) is 3.55. The third-order valence-electron chi connectivity index (χ3n) is 4.81. The second kappa shape index (κ2) is 6.80. The first-order valence-electron chi connectivity index (χ1n) is 8.67. The molecular formula is C19H20N2O4. The Bertz CT molecular complexity index is 828. The van der Waals surface area contributed by atoms with Gasteiger partial charge in [0, 0.05) is 24.2 Å². The van der Waals surface area contributed by atoms with Crippen LogP contribution in [0.1, 0.15) is 28.0 Å². The molecule has 2 heterocycles. The molecule has 1 aromatic heterocycles. The molecule has 2 aliphatic rings. The van der Waals surface area contributed by atoms with Crippen LogP contribution in [0.3, 0.4) is 0 Å². The lowest BCUT2D eigenvalue weighted by atomic mass is 10.0. The lowest BCUT2D eigenvalue weighted by Crippen LogP contribution is -2.42. The number of nitrogens with zero attached hydrogens (tertiary/aromatic N) is 2. The number of esters is 1. The van der Waals surface area contributed by atoms with Gasteiger partial charge in [-0.3, -0.25) is 9.78 Å². The average Bonchev–Trinajstić information content (AvgIpc) is 3.12. The SMILES string of the molecule is O=C(OCC(=O)N1CCOCC1)c1c2c(nc3ccccc13)CCC2. The molecule has 0 unspecified atom stereocenters. The van der Waals surface area contributed by atoms with Crippen molar-refractivity contribution in [1.82, 2.24) is 9.88 Å². The zero-order valence-corrected chi connectivity index (χ0v) is 14.0. The van der Waals surface area contributed by atoms with Gasteiger partial charge in [0.25, 0.3) is 5.91 Å². The van der Waals surface area contributed by atoms with Gasteiger partial charge in [-0.2, -0.15) is 0 Å². The lowest BCUT2D eigenvalue weighted by Gasteiger charge is -2.26. The summed E-state index contributed by atoms with van der Waals surface area (Å²) in [6.45, 7) is 1.92. The first-order valence-corrected chi connectivity index (χ1v) is 8.67. The molecule has 1 aliphatic heterocycles. The molecule has 6 heteroatoms. The number of aryl methyl sites for hydroxylation is 1. The Morgan fingerprint density at radius 3 is 2.80 bits per heavy atom. The number of hydrogen-bond acceptors (Lipinski definition) is 5. The van der Waals surface area contributed by atoms with Gasteiger partial charge in [0.2, 0.25) is 0 Å². The third kappa shape index (κ3) is 3.09. The first kappa shape index (κ1) is 16.0. The highest BCUT2D eigenvalue weighted by molar-refractivity contribution is 6.05. The van der Waals surface area contributed by atoms with Crippen LogP contribution in [0, 0.1) is 0 Å². The predicted molar refractivity (Wildman–Crippen MR) is 91.4 cm³/mol. The van der Waals surface area contributed by atoms with E-state index in [0.29, 0.717) is 31.9 Å². The number of ether oxygens (including phenoxy) is 2. The van der Waals surface area contributed by atoms with Crippen molar-refractivity contribution in [3.05, 3.63) is 41.1 Å². The maximum atomic E-state index is 12.8. The Labute approximate surface area is 145 Å². The molecule has 1 aliphatic carbocycles. The molecule has 1 saturated heterocycles. The largest absolute Gasteiger partial charge is 0.452 e. The second-order valence-corrected chi connectivity index (χ2v) is 6.35. The van der Waals surface area contributed by atoms with E-state index in [-0.39, 0.29) is 12.5 Å². The standard InChI is InChI=1S/C19H20N2O4/c22-17(21-8-10-24-11-9-21)12-25-19(23)18-13-4-1-2-6-15(13)20-16-7-3-5-14(16)18/h1-2,4,6H,3,5,7-12H2. The number of carbonyl (C=O) groups is 2. The number of amides is 1. The Morgan fingerprint density at radius 1 is 1.16 bits per heavy atom. The highest BCUT2D eigenvalue weighted by Crippen LogP contribution is 2.30. The van der Waals surface area contributed by atoms with Crippen molar-refractivity contribution in [2.75, 3.05) is 32.9 Å². The molecule has 0 saturated carbocycles. The Hall–Kier alpha value is -2.47. The molecule has 25 heavy (non-hydrogen) atoms. The van der Waals surface area contributed by atoms with Crippen molar-refractivity contribution >= 4 is 22.8 Å². The molecule has 1 aromatic carbocycles. The second-order valence-electron chi connectivity index (χ2n) is 6.35. The maximum absolute atomic E-state index is 12.8. The minimum Gasteiger partial charge on any atom is -0.452 e. The van der Waals surface area contributed by atoms with Crippen LogP contribution in [0.4, 0.5) is 0 Å². The number of morpholine rings is 1. The number of para-hydroxylation sites is 1. The van der Waals surface area contributed by atoms with Gasteiger partial charge in [-0.05, 0) is 30.9 Å². The van der Waals surface area contributed by atoms with Gasteiger partial charge in [0.1, 0.15) is 0 Å². The molecule has 0 radical (unpaired) electrons. The van der Waals surface area contributed by atoms with Crippen LogP contribution in [-0.4, -0.2) is 54.7 Å². The Morgan fingerprint density at radius 2 is 1.96 bits per heavy atom. The quantitative estimate of drug-likeness (QED) is 0.796. The van der Waals surface area contributed by atoms with E-state index >= 15 is 0 Å². The number of rotatable bonds is 3. The summed E-state index contributed by atoms with van der Waals surface area (Å²) in [6, 6.07) is 7.60. The lowest BCUT2D eigenvalue weighted by molar-refractivity contribution is -0.138. The topological polar surface area (TPSA) is 68.7 Å². The van der Waals surface area contributed by atoms with Crippen molar-refractivity contribution in [3.63, 3.8) is 0 Å². The van der Waals surface area contributed by atoms with E-state index in [2.05, 4.69) is 4.98 Å². The van der Waals surface area contributed by atoms with E-state index in [1.54, 1.807) is 4.90 Å². The van der Waals surface area contributed by atoms with Crippen molar-refractivity contribution in [3.8, 4) is 0 Å². The summed E-state index contributed by atoms with van der Waals surface area (Å²) in [6.07, 6.45) is 2.70. The van der Waals surface area contributed by atoms with Gasteiger partial charge in [0.15, 0.2) is 6.61 Å². The number of aromatic nitrogens is 1. The van der Waals surface area contributed by atoms with Crippen LogP contribution in [0.5, 0.6) is 0 Å². The van der Waals surface area contributed by atoms with Crippen LogP contribution in [-0.2, 0) is 27.1 Å². The normalized spacial score (nSPS) is 16.7. The van der Waals surface area contributed by atoms with E-state index in [0.717, 1.165) is 41.4 Å². The summed E-state index contributed by atoms with van der Waals surface area (Å²) in [4.78, 5) is 31.3. The molecule has 1 fully saturated rings. The number of benzene rings is 1. The van der Waals surface area contributed by atoms with Crippen LogP contribution in [0.15, 0.2) is 24.3 Å². The molecule has 0 bridgehead atoms. The molecule has 4 rings (SSSR count). The average molecular weight is 340 g/mol. The molecule has 1 amide bonds. The van der Waals surface area contributed by atoms with E-state index in [9.17, 15) is 9.59 Å². The van der Waals surface area contributed by atoms with Crippen molar-refractivity contribution in [2.45, 2.75) is 19.3 Å². The van der Waals surface area contributed by atoms with E-state index in [4.69, 9.17) is 9.47 Å². The highest BCUT2D eigenvalue weighted by atomic mass is 16.5. The summed E-state index contributed by atoms with van der Waals surface area (Å²) in [5.74, 6) is -0.606. The minimum atomic E-state index is -0.432. The highest BCUT2D eigenvalue weighted by Gasteiger charge is 2.26.